The lowest BCUT2D eigenvalue weighted by Gasteiger charge is -2.35. The fourth-order valence-electron chi connectivity index (χ4n) is 7.08. The van der Waals surface area contributed by atoms with Gasteiger partial charge in [0.25, 0.3) is 5.91 Å². The summed E-state index contributed by atoms with van der Waals surface area (Å²) in [5.41, 5.74) is 0.561. The molecule has 0 spiro atoms. The lowest BCUT2D eigenvalue weighted by Crippen LogP contribution is -2.58. The summed E-state index contributed by atoms with van der Waals surface area (Å²) < 4.78 is 5.29. The van der Waals surface area contributed by atoms with Crippen molar-refractivity contribution in [2.24, 2.45) is 11.8 Å². The van der Waals surface area contributed by atoms with E-state index in [1.807, 2.05) is 0 Å². The van der Waals surface area contributed by atoms with Gasteiger partial charge in [-0.25, -0.2) is 4.79 Å². The number of ether oxygens (including phenoxy) is 1. The number of hydrogen-bond donors (Lipinski definition) is 4. The lowest BCUT2D eigenvalue weighted by molar-refractivity contribution is -0.144. The minimum absolute atomic E-state index is 0.0897. The van der Waals surface area contributed by atoms with E-state index in [0.29, 0.717) is 24.9 Å². The summed E-state index contributed by atoms with van der Waals surface area (Å²) in [4.78, 5) is 95.6. The second-order valence-corrected chi connectivity index (χ2v) is 14.4. The van der Waals surface area contributed by atoms with E-state index >= 15 is 0 Å². The van der Waals surface area contributed by atoms with Crippen molar-refractivity contribution in [1.82, 2.24) is 31.1 Å². The van der Waals surface area contributed by atoms with Crippen molar-refractivity contribution in [1.29, 1.82) is 0 Å². The van der Waals surface area contributed by atoms with Crippen LogP contribution in [0.3, 0.4) is 0 Å². The Labute approximate surface area is 300 Å². The first-order valence-electron chi connectivity index (χ1n) is 18.3. The Kier molecular flexibility index (Phi) is 14.4. The first-order chi connectivity index (χ1) is 24.3. The summed E-state index contributed by atoms with van der Waals surface area (Å²) in [5, 5.41) is 10.5. The minimum Gasteiger partial charge on any atom is -0.447 e. The minimum atomic E-state index is -1.15. The van der Waals surface area contributed by atoms with Gasteiger partial charge in [-0.05, 0) is 63.4 Å². The van der Waals surface area contributed by atoms with Gasteiger partial charge in [0.05, 0.1) is 18.7 Å². The molecule has 1 saturated heterocycles. The third-order valence-electron chi connectivity index (χ3n) is 10.0. The number of likely N-dealkylation sites (tertiary alicyclic amines) is 1. The Morgan fingerprint density at radius 1 is 0.843 bits per heavy atom. The van der Waals surface area contributed by atoms with Crippen LogP contribution in [0, 0.1) is 11.8 Å². The first-order valence-corrected chi connectivity index (χ1v) is 18.3. The molecule has 4 N–H and O–H groups in total. The Morgan fingerprint density at radius 3 is 2.14 bits per heavy atom. The average Bonchev–Trinajstić information content (AvgIpc) is 3.59. The van der Waals surface area contributed by atoms with Crippen LogP contribution in [-0.4, -0.2) is 103 Å². The monoisotopic (exact) mass is 710 g/mol. The number of hydrogen-bond acceptors (Lipinski definition) is 8. The van der Waals surface area contributed by atoms with Gasteiger partial charge >= 0.3 is 6.09 Å². The maximum atomic E-state index is 14.0. The zero-order chi connectivity index (χ0) is 37.1. The number of carbonyl (C=O) groups is 7. The van der Waals surface area contributed by atoms with Gasteiger partial charge in [-0.2, -0.15) is 0 Å². The molecule has 51 heavy (non-hydrogen) atoms. The van der Waals surface area contributed by atoms with Crippen LogP contribution >= 0.6 is 0 Å². The standard InChI is InChI=1S/C37H54N6O8/c1-23(2)51-37(50)41-31(26-17-9-6-10-18-26)36(49)43-20-12-19-28(43)33(46)39-27(21-24-13-11-14-24)32(45)34(47)38-22-29(44)40-30(35(48)42(3)4)25-15-7-5-8-16-25/h5,7-8,15-16,23-24,26-28,30-31H,6,9-14,17-22H2,1-4H3,(H,38,47)(H,39,46)(H,40,44)(H,41,50). The second-order valence-electron chi connectivity index (χ2n) is 14.4. The number of alkyl carbamates (subject to hydrolysis) is 1. The van der Waals surface area contributed by atoms with Crippen molar-refractivity contribution < 1.29 is 38.3 Å². The molecular formula is C37H54N6O8. The van der Waals surface area contributed by atoms with Crippen molar-refractivity contribution in [3.05, 3.63) is 35.9 Å². The number of Topliss-reactive ketones (excluding diaryl/α,β-unsaturated/α-hetero) is 1. The van der Waals surface area contributed by atoms with Gasteiger partial charge in [-0.3, -0.25) is 28.8 Å². The SMILES string of the molecule is CC(C)OC(=O)NC(C(=O)N1CCCC1C(=O)NC(CC1CCC1)C(=O)C(=O)NCC(=O)NC(C(=O)N(C)C)c1ccccc1)C1CCCCC1. The van der Waals surface area contributed by atoms with Crippen molar-refractivity contribution in [3.8, 4) is 0 Å². The Bertz CT molecular complexity index is 1410. The van der Waals surface area contributed by atoms with Crippen LogP contribution in [0.25, 0.3) is 0 Å². The van der Waals surface area contributed by atoms with Crippen LogP contribution in [0.1, 0.15) is 96.1 Å². The maximum Gasteiger partial charge on any atom is 0.408 e. The molecule has 1 aromatic carbocycles. The molecule has 14 heteroatoms. The number of rotatable bonds is 15. The van der Waals surface area contributed by atoms with Gasteiger partial charge in [0.15, 0.2) is 0 Å². The summed E-state index contributed by atoms with van der Waals surface area (Å²) >= 11 is 0. The number of carbonyl (C=O) groups excluding carboxylic acids is 7. The normalized spacial score (nSPS) is 19.5. The lowest BCUT2D eigenvalue weighted by atomic mass is 9.80. The Morgan fingerprint density at radius 2 is 1.53 bits per heavy atom. The van der Waals surface area contributed by atoms with E-state index in [0.717, 1.165) is 51.4 Å². The highest BCUT2D eigenvalue weighted by Gasteiger charge is 2.42. The van der Waals surface area contributed by atoms with E-state index in [4.69, 9.17) is 4.74 Å². The molecule has 14 nitrogen and oxygen atoms in total. The summed E-state index contributed by atoms with van der Waals surface area (Å²) in [6.45, 7) is 3.21. The number of benzene rings is 1. The third kappa shape index (κ3) is 11.0. The van der Waals surface area contributed by atoms with E-state index in [1.54, 1.807) is 58.3 Å². The highest BCUT2D eigenvalue weighted by atomic mass is 16.6. The molecule has 4 atom stereocenters. The Balaban J connectivity index is 1.41. The molecule has 0 aromatic heterocycles. The Hall–Kier alpha value is -4.49. The number of likely N-dealkylation sites (N-methyl/N-ethyl adjacent to an activating group) is 1. The molecule has 0 bridgehead atoms. The number of amides is 6. The molecule has 3 aliphatic rings. The average molecular weight is 711 g/mol. The van der Waals surface area contributed by atoms with Gasteiger partial charge in [0.1, 0.15) is 18.1 Å². The van der Waals surface area contributed by atoms with E-state index < -0.39 is 60.3 Å². The summed E-state index contributed by atoms with van der Waals surface area (Å²) in [6, 6.07) is 4.82. The number of nitrogens with one attached hydrogen (secondary N) is 4. The van der Waals surface area contributed by atoms with Crippen LogP contribution in [-0.2, 0) is 33.5 Å². The first kappa shape index (κ1) is 39.3. The highest BCUT2D eigenvalue weighted by molar-refractivity contribution is 6.38. The summed E-state index contributed by atoms with van der Waals surface area (Å²) in [5.74, 6) is -3.79. The molecule has 4 unspecified atom stereocenters. The molecule has 1 aromatic rings. The van der Waals surface area contributed by atoms with Crippen molar-refractivity contribution >= 4 is 41.4 Å². The van der Waals surface area contributed by atoms with Gasteiger partial charge in [-0.15, -0.1) is 0 Å². The van der Waals surface area contributed by atoms with Gasteiger partial charge < -0.3 is 35.8 Å². The quantitative estimate of drug-likeness (QED) is 0.200. The molecule has 0 radical (unpaired) electrons. The van der Waals surface area contributed by atoms with Crippen LogP contribution in [0.2, 0.25) is 0 Å². The molecule has 3 fully saturated rings. The van der Waals surface area contributed by atoms with Crippen LogP contribution in [0.15, 0.2) is 30.3 Å². The fraction of sp³-hybridized carbons (Fsp3) is 0.649. The van der Waals surface area contributed by atoms with Gasteiger partial charge in [0.2, 0.25) is 29.4 Å². The van der Waals surface area contributed by atoms with Crippen LogP contribution < -0.4 is 21.3 Å². The predicted molar refractivity (Wildman–Crippen MR) is 188 cm³/mol. The highest BCUT2D eigenvalue weighted by Crippen LogP contribution is 2.32. The molecule has 280 valence electrons. The maximum absolute atomic E-state index is 14.0. The van der Waals surface area contributed by atoms with E-state index in [-0.39, 0.29) is 36.2 Å². The fourth-order valence-corrected chi connectivity index (χ4v) is 7.08. The van der Waals surface area contributed by atoms with Crippen LogP contribution in [0.4, 0.5) is 4.79 Å². The summed E-state index contributed by atoms with van der Waals surface area (Å²) in [6.07, 6.45) is 7.33. The van der Waals surface area contributed by atoms with Gasteiger partial charge in [0, 0.05) is 20.6 Å². The zero-order valence-corrected chi connectivity index (χ0v) is 30.3. The molecule has 1 heterocycles. The third-order valence-corrected chi connectivity index (χ3v) is 10.0. The van der Waals surface area contributed by atoms with Gasteiger partial charge in [-0.1, -0.05) is 68.9 Å². The molecule has 1 aliphatic heterocycles. The van der Waals surface area contributed by atoms with E-state index in [2.05, 4.69) is 21.3 Å². The smallest absolute Gasteiger partial charge is 0.408 e. The molecular weight excluding hydrogens is 656 g/mol. The summed E-state index contributed by atoms with van der Waals surface area (Å²) in [7, 11) is 3.13. The molecule has 2 aliphatic carbocycles. The molecule has 2 saturated carbocycles. The number of nitrogens with zero attached hydrogens (tertiary/aromatic N) is 2. The van der Waals surface area contributed by atoms with E-state index in [9.17, 15) is 33.6 Å². The van der Waals surface area contributed by atoms with Crippen molar-refractivity contribution in [3.63, 3.8) is 0 Å². The zero-order valence-electron chi connectivity index (χ0n) is 30.3. The number of ketones is 1. The molecule has 6 amide bonds. The van der Waals surface area contributed by atoms with Crippen molar-refractivity contribution in [2.45, 2.75) is 115 Å². The topological polar surface area (TPSA) is 183 Å². The van der Waals surface area contributed by atoms with E-state index in [1.165, 1.54) is 9.80 Å². The second kappa shape index (κ2) is 18.7. The largest absolute Gasteiger partial charge is 0.447 e. The van der Waals surface area contributed by atoms with Crippen LogP contribution in [0.5, 0.6) is 0 Å². The predicted octanol–water partition coefficient (Wildman–Crippen LogP) is 2.37. The molecule has 4 rings (SSSR count). The van der Waals surface area contributed by atoms with Crippen molar-refractivity contribution in [2.75, 3.05) is 27.2 Å².